The monoisotopic (exact) mass is 285 g/mol. The van der Waals surface area contributed by atoms with Crippen molar-refractivity contribution in [2.24, 2.45) is 0 Å². The number of rotatable bonds is 7. The van der Waals surface area contributed by atoms with Gasteiger partial charge in [-0.3, -0.25) is 4.79 Å². The van der Waals surface area contributed by atoms with Crippen molar-refractivity contribution in [3.63, 3.8) is 0 Å². The summed E-state index contributed by atoms with van der Waals surface area (Å²) in [6.07, 6.45) is 5.20. The summed E-state index contributed by atoms with van der Waals surface area (Å²) < 4.78 is 0. The normalized spacial score (nSPS) is 12.0. The van der Waals surface area contributed by atoms with Crippen LogP contribution in [-0.2, 0) is 24.2 Å². The number of aromatic nitrogens is 2. The van der Waals surface area contributed by atoms with E-state index in [2.05, 4.69) is 27.4 Å². The second-order valence-electron chi connectivity index (χ2n) is 4.93. The molecule has 1 aromatic carbocycles. The zero-order chi connectivity index (χ0) is 15.1. The van der Waals surface area contributed by atoms with Gasteiger partial charge < -0.3 is 10.4 Å². The molecule has 1 atom stereocenters. The Balaban J connectivity index is 1.83. The Labute approximate surface area is 124 Å². The van der Waals surface area contributed by atoms with E-state index in [9.17, 15) is 4.79 Å². The smallest absolute Gasteiger partial charge is 0.320 e. The quantitative estimate of drug-likeness (QED) is 0.811. The highest BCUT2D eigenvalue weighted by Crippen LogP contribution is 2.04. The van der Waals surface area contributed by atoms with Gasteiger partial charge in [-0.05, 0) is 18.9 Å². The lowest BCUT2D eigenvalue weighted by molar-refractivity contribution is -0.139. The fourth-order valence-electron chi connectivity index (χ4n) is 1.86. The highest BCUT2D eigenvalue weighted by Gasteiger charge is 2.09. The van der Waals surface area contributed by atoms with Crippen molar-refractivity contribution in [2.75, 3.05) is 0 Å². The molecule has 1 heterocycles. The topological polar surface area (TPSA) is 75.1 Å². The number of carboxylic acids is 1. The molecule has 2 N–H and O–H groups in total. The summed E-state index contributed by atoms with van der Waals surface area (Å²) in [7, 11) is 0. The second-order valence-corrected chi connectivity index (χ2v) is 4.93. The summed E-state index contributed by atoms with van der Waals surface area (Å²) in [4.78, 5) is 19.3. The molecule has 0 aliphatic heterocycles. The zero-order valence-electron chi connectivity index (χ0n) is 12.0. The molecule has 5 nitrogen and oxygen atoms in total. The van der Waals surface area contributed by atoms with Gasteiger partial charge in [-0.25, -0.2) is 9.97 Å². The van der Waals surface area contributed by atoms with E-state index in [0.717, 1.165) is 24.2 Å². The summed E-state index contributed by atoms with van der Waals surface area (Å²) in [6.45, 7) is 2.06. The average molecular weight is 285 g/mol. The number of carbonyl (C=O) groups is 1. The van der Waals surface area contributed by atoms with Crippen LogP contribution in [-0.4, -0.2) is 27.1 Å². The van der Waals surface area contributed by atoms with Gasteiger partial charge in [0.05, 0.1) is 0 Å². The Morgan fingerprint density at radius 3 is 2.43 bits per heavy atom. The highest BCUT2D eigenvalue weighted by molar-refractivity contribution is 5.72. The Morgan fingerprint density at radius 2 is 1.81 bits per heavy atom. The van der Waals surface area contributed by atoms with Crippen LogP contribution in [0, 0.1) is 0 Å². The molecule has 1 aromatic heterocycles. The van der Waals surface area contributed by atoms with Gasteiger partial charge in [0, 0.05) is 30.9 Å². The third-order valence-corrected chi connectivity index (χ3v) is 3.22. The van der Waals surface area contributed by atoms with Crippen molar-refractivity contribution >= 4 is 5.97 Å². The molecule has 0 aliphatic rings. The van der Waals surface area contributed by atoms with Crippen LogP contribution in [0.2, 0.25) is 0 Å². The minimum absolute atomic E-state index is 0.451. The maximum atomic E-state index is 10.7. The maximum absolute atomic E-state index is 10.7. The molecule has 0 saturated carbocycles. The number of carboxylic acid groups (broad SMARTS) is 1. The van der Waals surface area contributed by atoms with Crippen LogP contribution in [0.25, 0.3) is 0 Å². The van der Waals surface area contributed by atoms with E-state index in [1.54, 1.807) is 19.3 Å². The van der Waals surface area contributed by atoms with Gasteiger partial charge in [-0.1, -0.05) is 30.3 Å². The maximum Gasteiger partial charge on any atom is 0.320 e. The molecule has 2 rings (SSSR count). The van der Waals surface area contributed by atoms with Crippen molar-refractivity contribution in [1.29, 1.82) is 0 Å². The predicted molar refractivity (Wildman–Crippen MR) is 79.8 cm³/mol. The molecule has 5 heteroatoms. The number of aliphatic carboxylic acids is 1. The number of nitrogens with one attached hydrogen (secondary N) is 1. The van der Waals surface area contributed by atoms with E-state index in [1.807, 2.05) is 18.2 Å². The second kappa shape index (κ2) is 7.50. The van der Waals surface area contributed by atoms with Crippen molar-refractivity contribution < 1.29 is 9.90 Å². The number of hydrogen-bond acceptors (Lipinski definition) is 4. The minimum atomic E-state index is -0.865. The van der Waals surface area contributed by atoms with Crippen LogP contribution >= 0.6 is 0 Å². The first-order valence-corrected chi connectivity index (χ1v) is 6.95. The molecule has 2 aromatic rings. The van der Waals surface area contributed by atoms with Crippen molar-refractivity contribution in [2.45, 2.75) is 32.4 Å². The van der Waals surface area contributed by atoms with Crippen LogP contribution in [0.4, 0.5) is 0 Å². The zero-order valence-corrected chi connectivity index (χ0v) is 12.0. The summed E-state index contributed by atoms with van der Waals surface area (Å²) >= 11 is 0. The van der Waals surface area contributed by atoms with Gasteiger partial charge >= 0.3 is 5.97 Å². The van der Waals surface area contributed by atoms with Gasteiger partial charge in [-0.2, -0.15) is 0 Å². The van der Waals surface area contributed by atoms with Gasteiger partial charge in [0.25, 0.3) is 0 Å². The molecule has 0 radical (unpaired) electrons. The average Bonchev–Trinajstić information content (AvgIpc) is 2.52. The van der Waals surface area contributed by atoms with Crippen LogP contribution in [0.5, 0.6) is 0 Å². The summed E-state index contributed by atoms with van der Waals surface area (Å²) in [5, 5.41) is 11.7. The van der Waals surface area contributed by atoms with E-state index in [1.165, 1.54) is 5.56 Å². The largest absolute Gasteiger partial charge is 0.480 e. The lowest BCUT2D eigenvalue weighted by Crippen LogP contribution is -2.33. The van der Waals surface area contributed by atoms with Crippen molar-refractivity contribution in [3.05, 3.63) is 59.7 Å². The van der Waals surface area contributed by atoms with Gasteiger partial charge in [0.1, 0.15) is 11.9 Å². The number of hydrogen-bond donors (Lipinski definition) is 2. The lowest BCUT2D eigenvalue weighted by Gasteiger charge is -2.08. The molecule has 0 spiro atoms. The molecule has 0 saturated heterocycles. The molecule has 110 valence electrons. The highest BCUT2D eigenvalue weighted by atomic mass is 16.4. The standard InChI is InChI=1S/C16H19N3O2/c1-12(16(20)21)17-9-14-10-18-15(19-11-14)8-7-13-5-3-2-4-6-13/h2-6,10-12,17H,7-9H2,1H3,(H,20,21). The first-order chi connectivity index (χ1) is 10.1. The third kappa shape index (κ3) is 4.96. The predicted octanol–water partition coefficient (Wildman–Crippen LogP) is 1.82. The van der Waals surface area contributed by atoms with Crippen LogP contribution in [0.1, 0.15) is 23.9 Å². The lowest BCUT2D eigenvalue weighted by atomic mass is 10.1. The SMILES string of the molecule is CC(NCc1cnc(CCc2ccccc2)nc1)C(=O)O. The van der Waals surface area contributed by atoms with E-state index >= 15 is 0 Å². The Morgan fingerprint density at radius 1 is 1.14 bits per heavy atom. The Bertz CT molecular complexity index is 570. The summed E-state index contributed by atoms with van der Waals surface area (Å²) in [5.74, 6) is -0.0655. The molecule has 1 unspecified atom stereocenters. The molecular weight excluding hydrogens is 266 g/mol. The van der Waals surface area contributed by atoms with Crippen LogP contribution in [0.3, 0.4) is 0 Å². The number of nitrogens with zero attached hydrogens (tertiary/aromatic N) is 2. The van der Waals surface area contributed by atoms with E-state index in [4.69, 9.17) is 5.11 Å². The minimum Gasteiger partial charge on any atom is -0.480 e. The van der Waals surface area contributed by atoms with Crippen molar-refractivity contribution in [3.8, 4) is 0 Å². The molecule has 0 amide bonds. The van der Waals surface area contributed by atoms with Gasteiger partial charge in [0.15, 0.2) is 0 Å². The van der Waals surface area contributed by atoms with Gasteiger partial charge in [-0.15, -0.1) is 0 Å². The summed E-state index contributed by atoms with van der Waals surface area (Å²) in [5.41, 5.74) is 2.15. The molecule has 0 aliphatic carbocycles. The fraction of sp³-hybridized carbons (Fsp3) is 0.312. The van der Waals surface area contributed by atoms with E-state index in [-0.39, 0.29) is 0 Å². The fourth-order valence-corrected chi connectivity index (χ4v) is 1.86. The van der Waals surface area contributed by atoms with Crippen LogP contribution in [0.15, 0.2) is 42.7 Å². The van der Waals surface area contributed by atoms with Gasteiger partial charge in [0.2, 0.25) is 0 Å². The summed E-state index contributed by atoms with van der Waals surface area (Å²) in [6, 6.07) is 9.64. The number of benzene rings is 1. The molecule has 21 heavy (non-hydrogen) atoms. The third-order valence-electron chi connectivity index (χ3n) is 3.22. The molecular formula is C16H19N3O2. The first-order valence-electron chi connectivity index (χ1n) is 6.95. The Hall–Kier alpha value is -2.27. The van der Waals surface area contributed by atoms with Crippen LogP contribution < -0.4 is 5.32 Å². The number of aryl methyl sites for hydroxylation is 2. The Kier molecular flexibility index (Phi) is 5.40. The van der Waals surface area contributed by atoms with E-state index in [0.29, 0.717) is 6.54 Å². The molecule has 0 fully saturated rings. The first kappa shape index (κ1) is 15.1. The molecule has 0 bridgehead atoms. The van der Waals surface area contributed by atoms with Crippen molar-refractivity contribution in [1.82, 2.24) is 15.3 Å². The van der Waals surface area contributed by atoms with E-state index < -0.39 is 12.0 Å².